The van der Waals surface area contributed by atoms with E-state index in [-0.39, 0.29) is 17.1 Å². The molecule has 1 heterocycles. The average molecular weight is 376 g/mol. The SMILES string of the molecule is O=C(O)c1cc(-c2ccc(OC(F)F)cc2)nn(-c2cccc(F)c2)c1=O. The number of hydrogen-bond acceptors (Lipinski definition) is 4. The second-order valence-corrected chi connectivity index (χ2v) is 5.35. The van der Waals surface area contributed by atoms with Gasteiger partial charge in [-0.2, -0.15) is 18.6 Å². The highest BCUT2D eigenvalue weighted by molar-refractivity contribution is 5.88. The zero-order valence-corrected chi connectivity index (χ0v) is 13.5. The van der Waals surface area contributed by atoms with Gasteiger partial charge in [-0.25, -0.2) is 9.18 Å². The molecule has 3 rings (SSSR count). The van der Waals surface area contributed by atoms with Crippen LogP contribution in [0.25, 0.3) is 16.9 Å². The molecule has 3 aromatic rings. The minimum atomic E-state index is -2.98. The minimum absolute atomic E-state index is 0.0435. The number of ether oxygens (including phenoxy) is 1. The Morgan fingerprint density at radius 1 is 1.11 bits per heavy atom. The molecule has 0 spiro atoms. The van der Waals surface area contributed by atoms with Crippen molar-refractivity contribution in [2.45, 2.75) is 6.61 Å². The topological polar surface area (TPSA) is 81.4 Å². The van der Waals surface area contributed by atoms with Gasteiger partial charge in [0.25, 0.3) is 5.56 Å². The van der Waals surface area contributed by atoms with Crippen molar-refractivity contribution in [3.63, 3.8) is 0 Å². The summed E-state index contributed by atoms with van der Waals surface area (Å²) >= 11 is 0. The Hall–Kier alpha value is -3.62. The van der Waals surface area contributed by atoms with Gasteiger partial charge in [0.05, 0.1) is 11.4 Å². The monoisotopic (exact) mass is 376 g/mol. The second-order valence-electron chi connectivity index (χ2n) is 5.35. The van der Waals surface area contributed by atoms with E-state index in [0.29, 0.717) is 5.56 Å². The number of aromatic carboxylic acids is 1. The first kappa shape index (κ1) is 18.2. The molecule has 27 heavy (non-hydrogen) atoms. The summed E-state index contributed by atoms with van der Waals surface area (Å²) in [5.41, 5.74) is -1.03. The molecule has 0 aliphatic carbocycles. The second kappa shape index (κ2) is 7.32. The molecule has 6 nitrogen and oxygen atoms in total. The first-order valence-corrected chi connectivity index (χ1v) is 7.54. The highest BCUT2D eigenvalue weighted by Gasteiger charge is 2.17. The van der Waals surface area contributed by atoms with E-state index in [4.69, 9.17) is 0 Å². The standard InChI is InChI=1S/C18H11F3N2O4/c19-11-2-1-3-12(8-11)23-16(24)14(17(25)26)9-15(22-23)10-4-6-13(7-5-10)27-18(20)21/h1-9,18H,(H,25,26). The maximum atomic E-state index is 13.5. The Bertz CT molecular complexity index is 1050. The summed E-state index contributed by atoms with van der Waals surface area (Å²) in [5, 5.41) is 13.4. The Morgan fingerprint density at radius 3 is 2.41 bits per heavy atom. The zero-order chi connectivity index (χ0) is 19.6. The number of hydrogen-bond donors (Lipinski definition) is 1. The Labute approximate surface area is 150 Å². The Morgan fingerprint density at radius 2 is 1.81 bits per heavy atom. The first-order chi connectivity index (χ1) is 12.8. The van der Waals surface area contributed by atoms with Gasteiger partial charge in [-0.3, -0.25) is 4.79 Å². The molecule has 0 aliphatic rings. The predicted octanol–water partition coefficient (Wildman–Crippen LogP) is 3.34. The quantitative estimate of drug-likeness (QED) is 0.739. The molecular formula is C18H11F3N2O4. The minimum Gasteiger partial charge on any atom is -0.477 e. The van der Waals surface area contributed by atoms with Crippen LogP contribution in [0.1, 0.15) is 10.4 Å². The predicted molar refractivity (Wildman–Crippen MR) is 88.8 cm³/mol. The van der Waals surface area contributed by atoms with Gasteiger partial charge in [-0.05, 0) is 48.5 Å². The van der Waals surface area contributed by atoms with Crippen molar-refractivity contribution in [2.75, 3.05) is 0 Å². The lowest BCUT2D eigenvalue weighted by molar-refractivity contribution is -0.0498. The third kappa shape index (κ3) is 3.97. The first-order valence-electron chi connectivity index (χ1n) is 7.54. The van der Waals surface area contributed by atoms with Crippen molar-refractivity contribution in [1.29, 1.82) is 0 Å². The molecule has 138 valence electrons. The normalized spacial score (nSPS) is 10.8. The number of aromatic nitrogens is 2. The van der Waals surface area contributed by atoms with Crippen LogP contribution in [0, 0.1) is 5.82 Å². The summed E-state index contributed by atoms with van der Waals surface area (Å²) < 4.78 is 43.0. The van der Waals surface area contributed by atoms with Crippen LogP contribution in [0.3, 0.4) is 0 Å². The largest absolute Gasteiger partial charge is 0.477 e. The number of rotatable bonds is 5. The molecule has 1 N–H and O–H groups in total. The fourth-order valence-electron chi connectivity index (χ4n) is 2.38. The molecule has 0 aliphatic heterocycles. The molecule has 0 saturated heterocycles. The van der Waals surface area contributed by atoms with Crippen molar-refractivity contribution in [3.8, 4) is 22.7 Å². The third-order valence-corrected chi connectivity index (χ3v) is 3.57. The third-order valence-electron chi connectivity index (χ3n) is 3.57. The van der Waals surface area contributed by atoms with E-state index in [1.165, 1.54) is 36.4 Å². The lowest BCUT2D eigenvalue weighted by atomic mass is 10.1. The summed E-state index contributed by atoms with van der Waals surface area (Å²) in [6.07, 6.45) is 0. The van der Waals surface area contributed by atoms with Crippen LogP contribution >= 0.6 is 0 Å². The molecule has 1 aromatic heterocycles. The van der Waals surface area contributed by atoms with Crippen molar-refractivity contribution in [3.05, 3.63) is 76.3 Å². The van der Waals surface area contributed by atoms with E-state index < -0.39 is 29.5 Å². The molecule has 0 bridgehead atoms. The number of alkyl halides is 2. The van der Waals surface area contributed by atoms with Crippen LogP contribution in [-0.4, -0.2) is 27.5 Å². The van der Waals surface area contributed by atoms with Crippen molar-refractivity contribution >= 4 is 5.97 Å². The molecule has 2 aromatic carbocycles. The summed E-state index contributed by atoms with van der Waals surface area (Å²) in [6, 6.07) is 11.3. The molecule has 0 atom stereocenters. The number of carbonyl (C=O) groups is 1. The van der Waals surface area contributed by atoms with Gasteiger partial charge >= 0.3 is 12.6 Å². The lowest BCUT2D eigenvalue weighted by Crippen LogP contribution is -2.27. The van der Waals surface area contributed by atoms with E-state index in [1.54, 1.807) is 0 Å². The van der Waals surface area contributed by atoms with E-state index in [9.17, 15) is 27.9 Å². The van der Waals surface area contributed by atoms with Crippen LogP contribution in [0.5, 0.6) is 5.75 Å². The average Bonchev–Trinajstić information content (AvgIpc) is 2.62. The highest BCUT2D eigenvalue weighted by Crippen LogP contribution is 2.22. The Kier molecular flexibility index (Phi) is 4.93. The maximum absolute atomic E-state index is 13.5. The van der Waals surface area contributed by atoms with Crippen molar-refractivity contribution < 1.29 is 27.8 Å². The van der Waals surface area contributed by atoms with Gasteiger partial charge in [-0.1, -0.05) is 6.07 Å². The maximum Gasteiger partial charge on any atom is 0.387 e. The number of benzene rings is 2. The summed E-state index contributed by atoms with van der Waals surface area (Å²) in [5.74, 6) is -2.20. The molecular weight excluding hydrogens is 365 g/mol. The van der Waals surface area contributed by atoms with Gasteiger partial charge < -0.3 is 9.84 Å². The molecule has 0 saturated carbocycles. The summed E-state index contributed by atoms with van der Waals surface area (Å²) in [7, 11) is 0. The van der Waals surface area contributed by atoms with Gasteiger partial charge in [0.1, 0.15) is 17.1 Å². The van der Waals surface area contributed by atoms with Crippen LogP contribution in [-0.2, 0) is 0 Å². The molecule has 0 unspecified atom stereocenters. The summed E-state index contributed by atoms with van der Waals surface area (Å²) in [4.78, 5) is 23.8. The smallest absolute Gasteiger partial charge is 0.387 e. The van der Waals surface area contributed by atoms with Crippen LogP contribution in [0.15, 0.2) is 59.4 Å². The molecule has 0 amide bonds. The van der Waals surface area contributed by atoms with Gasteiger partial charge in [-0.15, -0.1) is 0 Å². The fourth-order valence-corrected chi connectivity index (χ4v) is 2.38. The zero-order valence-electron chi connectivity index (χ0n) is 13.5. The van der Waals surface area contributed by atoms with E-state index in [1.807, 2.05) is 0 Å². The van der Waals surface area contributed by atoms with Crippen LogP contribution in [0.2, 0.25) is 0 Å². The van der Waals surface area contributed by atoms with Crippen LogP contribution in [0.4, 0.5) is 13.2 Å². The number of carboxylic acid groups (broad SMARTS) is 1. The van der Waals surface area contributed by atoms with E-state index in [0.717, 1.165) is 22.9 Å². The molecule has 0 radical (unpaired) electrons. The van der Waals surface area contributed by atoms with Crippen molar-refractivity contribution in [2.24, 2.45) is 0 Å². The van der Waals surface area contributed by atoms with E-state index >= 15 is 0 Å². The number of carboxylic acids is 1. The van der Waals surface area contributed by atoms with Crippen LogP contribution < -0.4 is 10.3 Å². The summed E-state index contributed by atoms with van der Waals surface area (Å²) in [6.45, 7) is -2.98. The van der Waals surface area contributed by atoms with Gasteiger partial charge in [0.2, 0.25) is 0 Å². The van der Waals surface area contributed by atoms with Gasteiger partial charge in [0.15, 0.2) is 0 Å². The lowest BCUT2D eigenvalue weighted by Gasteiger charge is -2.10. The number of halogens is 3. The Balaban J connectivity index is 2.13. The molecule has 9 heteroatoms. The highest BCUT2D eigenvalue weighted by atomic mass is 19.3. The number of nitrogens with zero attached hydrogens (tertiary/aromatic N) is 2. The fraction of sp³-hybridized carbons (Fsp3) is 0.0556. The molecule has 0 fully saturated rings. The van der Waals surface area contributed by atoms with Crippen molar-refractivity contribution in [1.82, 2.24) is 9.78 Å². The van der Waals surface area contributed by atoms with Gasteiger partial charge in [0, 0.05) is 5.56 Å². The van der Waals surface area contributed by atoms with E-state index in [2.05, 4.69) is 9.84 Å².